The van der Waals surface area contributed by atoms with Gasteiger partial charge >= 0.3 is 0 Å². The zero-order valence-corrected chi connectivity index (χ0v) is 9.30. The summed E-state index contributed by atoms with van der Waals surface area (Å²) in [5.41, 5.74) is 6.84. The highest BCUT2D eigenvalue weighted by molar-refractivity contribution is 7.98. The van der Waals surface area contributed by atoms with Gasteiger partial charge in [0.25, 0.3) is 0 Å². The molecule has 3 nitrogen and oxygen atoms in total. The van der Waals surface area contributed by atoms with E-state index in [4.69, 9.17) is 10.8 Å². The smallest absolute Gasteiger partial charge is 0.248 e. The number of aliphatic hydroxyl groups excluding tert-OH is 1. The standard InChI is InChI=1S/C11H15NO2S/c12-11(14)10-4-2-9(3-5-10)8-15-7-1-6-13/h2-5,13H,1,6-8H2,(H2,12,14). The Labute approximate surface area is 93.7 Å². The fraction of sp³-hybridized carbons (Fsp3) is 0.364. The Kier molecular flexibility index (Phi) is 5.21. The normalized spacial score (nSPS) is 10.2. The Morgan fingerprint density at radius 3 is 2.53 bits per heavy atom. The van der Waals surface area contributed by atoms with Crippen LogP contribution in [0.15, 0.2) is 24.3 Å². The van der Waals surface area contributed by atoms with Crippen molar-refractivity contribution in [2.45, 2.75) is 12.2 Å². The topological polar surface area (TPSA) is 63.3 Å². The summed E-state index contributed by atoms with van der Waals surface area (Å²) in [6, 6.07) is 7.30. The molecule has 0 fully saturated rings. The Hall–Kier alpha value is -1.00. The molecule has 0 atom stereocenters. The molecule has 15 heavy (non-hydrogen) atoms. The molecular weight excluding hydrogens is 210 g/mol. The van der Waals surface area contributed by atoms with Gasteiger partial charge < -0.3 is 10.8 Å². The van der Waals surface area contributed by atoms with Gasteiger partial charge in [0.15, 0.2) is 0 Å². The Bertz CT molecular complexity index is 311. The van der Waals surface area contributed by atoms with Crippen LogP contribution in [-0.2, 0) is 5.75 Å². The Balaban J connectivity index is 2.39. The van der Waals surface area contributed by atoms with Crippen molar-refractivity contribution in [3.63, 3.8) is 0 Å². The lowest BCUT2D eigenvalue weighted by Crippen LogP contribution is -2.10. The van der Waals surface area contributed by atoms with Gasteiger partial charge in [-0.15, -0.1) is 0 Å². The summed E-state index contributed by atoms with van der Waals surface area (Å²) in [6.45, 7) is 0.244. The predicted molar refractivity (Wildman–Crippen MR) is 62.8 cm³/mol. The summed E-state index contributed by atoms with van der Waals surface area (Å²) in [5, 5.41) is 8.60. The van der Waals surface area contributed by atoms with E-state index in [1.807, 2.05) is 12.1 Å². The third-order valence-corrected chi connectivity index (χ3v) is 3.07. The first-order valence-corrected chi connectivity index (χ1v) is 5.97. The van der Waals surface area contributed by atoms with Crippen molar-refractivity contribution in [2.75, 3.05) is 12.4 Å². The number of carbonyl (C=O) groups excluding carboxylic acids is 1. The van der Waals surface area contributed by atoms with E-state index in [9.17, 15) is 4.79 Å². The minimum absolute atomic E-state index is 0.244. The maximum atomic E-state index is 10.8. The average Bonchev–Trinajstić information content (AvgIpc) is 2.25. The molecule has 0 saturated heterocycles. The van der Waals surface area contributed by atoms with E-state index in [-0.39, 0.29) is 6.61 Å². The maximum Gasteiger partial charge on any atom is 0.248 e. The van der Waals surface area contributed by atoms with Crippen LogP contribution in [0.5, 0.6) is 0 Å². The minimum Gasteiger partial charge on any atom is -0.396 e. The van der Waals surface area contributed by atoms with Crippen LogP contribution in [0.25, 0.3) is 0 Å². The van der Waals surface area contributed by atoms with Crippen LogP contribution in [-0.4, -0.2) is 23.4 Å². The lowest BCUT2D eigenvalue weighted by Gasteiger charge is -2.01. The predicted octanol–water partition coefficient (Wildman–Crippen LogP) is 1.40. The monoisotopic (exact) mass is 225 g/mol. The zero-order chi connectivity index (χ0) is 11.1. The van der Waals surface area contributed by atoms with Crippen molar-refractivity contribution in [2.24, 2.45) is 5.73 Å². The van der Waals surface area contributed by atoms with E-state index < -0.39 is 5.91 Å². The summed E-state index contributed by atoms with van der Waals surface area (Å²) in [4.78, 5) is 10.8. The lowest BCUT2D eigenvalue weighted by atomic mass is 10.1. The number of aliphatic hydroxyl groups is 1. The molecule has 1 aromatic rings. The van der Waals surface area contributed by atoms with E-state index in [1.165, 1.54) is 5.56 Å². The van der Waals surface area contributed by atoms with Gasteiger partial charge in [-0.05, 0) is 29.9 Å². The highest BCUT2D eigenvalue weighted by atomic mass is 32.2. The van der Waals surface area contributed by atoms with Gasteiger partial charge in [0.05, 0.1) is 0 Å². The van der Waals surface area contributed by atoms with Crippen LogP contribution in [0.2, 0.25) is 0 Å². The fourth-order valence-electron chi connectivity index (χ4n) is 1.12. The Morgan fingerprint density at radius 1 is 1.33 bits per heavy atom. The van der Waals surface area contributed by atoms with Gasteiger partial charge in [-0.25, -0.2) is 0 Å². The molecule has 82 valence electrons. The van der Waals surface area contributed by atoms with Gasteiger partial charge in [-0.1, -0.05) is 12.1 Å². The molecule has 3 N–H and O–H groups in total. The van der Waals surface area contributed by atoms with Crippen molar-refractivity contribution in [3.8, 4) is 0 Å². The number of hydrogen-bond donors (Lipinski definition) is 2. The van der Waals surface area contributed by atoms with Crippen molar-refractivity contribution in [1.29, 1.82) is 0 Å². The van der Waals surface area contributed by atoms with E-state index in [0.29, 0.717) is 5.56 Å². The molecule has 0 spiro atoms. The van der Waals surface area contributed by atoms with Crippen molar-refractivity contribution in [1.82, 2.24) is 0 Å². The third-order valence-electron chi connectivity index (χ3n) is 1.95. The van der Waals surface area contributed by atoms with E-state index in [0.717, 1.165) is 17.9 Å². The van der Waals surface area contributed by atoms with Crippen LogP contribution in [0.1, 0.15) is 22.3 Å². The second-order valence-corrected chi connectivity index (χ2v) is 4.30. The second kappa shape index (κ2) is 6.48. The van der Waals surface area contributed by atoms with Crippen molar-refractivity contribution >= 4 is 17.7 Å². The number of hydrogen-bond acceptors (Lipinski definition) is 3. The fourth-order valence-corrected chi connectivity index (χ4v) is 2.03. The molecule has 0 unspecified atom stereocenters. The Morgan fingerprint density at radius 2 is 2.00 bits per heavy atom. The van der Waals surface area contributed by atoms with E-state index in [2.05, 4.69) is 0 Å². The van der Waals surface area contributed by atoms with E-state index in [1.54, 1.807) is 23.9 Å². The molecular formula is C11H15NO2S. The highest BCUT2D eigenvalue weighted by Crippen LogP contribution is 2.13. The average molecular weight is 225 g/mol. The zero-order valence-electron chi connectivity index (χ0n) is 8.48. The van der Waals surface area contributed by atoms with Crippen molar-refractivity contribution < 1.29 is 9.90 Å². The van der Waals surface area contributed by atoms with Crippen LogP contribution >= 0.6 is 11.8 Å². The van der Waals surface area contributed by atoms with Crippen LogP contribution < -0.4 is 5.73 Å². The lowest BCUT2D eigenvalue weighted by molar-refractivity contribution is 0.100. The summed E-state index contributed by atoms with van der Waals surface area (Å²) in [6.07, 6.45) is 0.823. The number of carbonyl (C=O) groups is 1. The van der Waals surface area contributed by atoms with Crippen molar-refractivity contribution in [3.05, 3.63) is 35.4 Å². The second-order valence-electron chi connectivity index (χ2n) is 3.19. The number of amides is 1. The molecule has 1 aromatic carbocycles. The number of thioether (sulfide) groups is 1. The molecule has 4 heteroatoms. The third kappa shape index (κ3) is 4.36. The molecule has 1 amide bonds. The first-order valence-electron chi connectivity index (χ1n) is 4.81. The minimum atomic E-state index is -0.394. The van der Waals surface area contributed by atoms with Crippen LogP contribution in [0.4, 0.5) is 0 Å². The molecule has 0 heterocycles. The van der Waals surface area contributed by atoms with E-state index >= 15 is 0 Å². The molecule has 0 saturated carbocycles. The number of benzene rings is 1. The number of primary amides is 1. The molecule has 0 aliphatic carbocycles. The summed E-state index contributed by atoms with van der Waals surface area (Å²) < 4.78 is 0. The first-order chi connectivity index (χ1) is 7.24. The maximum absolute atomic E-state index is 10.8. The largest absolute Gasteiger partial charge is 0.396 e. The SMILES string of the molecule is NC(=O)c1ccc(CSCCCO)cc1. The summed E-state index contributed by atoms with van der Waals surface area (Å²) in [5.74, 6) is 1.46. The molecule has 0 bridgehead atoms. The quantitative estimate of drug-likeness (QED) is 0.719. The van der Waals surface area contributed by atoms with Crippen LogP contribution in [0.3, 0.4) is 0 Å². The number of nitrogens with two attached hydrogens (primary N) is 1. The van der Waals surface area contributed by atoms with Crippen LogP contribution in [0, 0.1) is 0 Å². The molecule has 0 aliphatic rings. The molecule has 0 radical (unpaired) electrons. The number of rotatable bonds is 6. The van der Waals surface area contributed by atoms with Gasteiger partial charge in [0, 0.05) is 17.9 Å². The summed E-state index contributed by atoms with van der Waals surface area (Å²) >= 11 is 1.77. The highest BCUT2D eigenvalue weighted by Gasteiger charge is 1.99. The van der Waals surface area contributed by atoms with Gasteiger partial charge in [0.1, 0.15) is 0 Å². The molecule has 0 aliphatic heterocycles. The van der Waals surface area contributed by atoms with Gasteiger partial charge in [-0.2, -0.15) is 11.8 Å². The van der Waals surface area contributed by atoms with Gasteiger partial charge in [0.2, 0.25) is 5.91 Å². The molecule has 0 aromatic heterocycles. The molecule has 1 rings (SSSR count). The van der Waals surface area contributed by atoms with Gasteiger partial charge in [-0.3, -0.25) is 4.79 Å². The first kappa shape index (κ1) is 12.1. The summed E-state index contributed by atoms with van der Waals surface area (Å²) in [7, 11) is 0.